The van der Waals surface area contributed by atoms with Gasteiger partial charge in [0.05, 0.1) is 5.69 Å². The second kappa shape index (κ2) is 10.8. The molecule has 1 saturated heterocycles. The van der Waals surface area contributed by atoms with Gasteiger partial charge in [-0.25, -0.2) is 8.42 Å². The highest BCUT2D eigenvalue weighted by Gasteiger charge is 2.38. The van der Waals surface area contributed by atoms with Crippen LogP contribution in [0, 0.1) is 5.92 Å². The van der Waals surface area contributed by atoms with Crippen LogP contribution in [0.5, 0.6) is 0 Å². The molecule has 2 fully saturated rings. The zero-order valence-electron chi connectivity index (χ0n) is 17.7. The smallest absolute Gasteiger partial charge is 0.220 e. The summed E-state index contributed by atoms with van der Waals surface area (Å²) in [5.41, 5.74) is 1.83. The first-order chi connectivity index (χ1) is 14.6. The molecule has 0 spiro atoms. The second-order valence-electron chi connectivity index (χ2n) is 7.84. The molecule has 170 valence electrons. The van der Waals surface area contributed by atoms with Crippen LogP contribution in [-0.2, 0) is 15.8 Å². The minimum Gasteiger partial charge on any atom is -0.364 e. The van der Waals surface area contributed by atoms with Crippen molar-refractivity contribution in [1.82, 2.24) is 19.7 Å². The number of nitrogens with one attached hydrogen (secondary N) is 1. The molecule has 2 aliphatic rings. The van der Waals surface area contributed by atoms with Gasteiger partial charge in [0.15, 0.2) is 5.96 Å². The highest BCUT2D eigenvalue weighted by atomic mass is 127. The lowest BCUT2D eigenvalue weighted by molar-refractivity contribution is 0.259. The van der Waals surface area contributed by atoms with Crippen LogP contribution in [0.2, 0.25) is 0 Å². The van der Waals surface area contributed by atoms with E-state index < -0.39 is 10.0 Å². The molecule has 1 aliphatic heterocycles. The first kappa shape index (κ1) is 24.0. The molecular formula is C21H30IN5O3S. The van der Waals surface area contributed by atoms with Crippen LogP contribution < -0.4 is 5.32 Å². The Hall–Kier alpha value is -1.66. The Kier molecular flexibility index (Phi) is 8.34. The van der Waals surface area contributed by atoms with Crippen molar-refractivity contribution in [2.45, 2.75) is 25.0 Å². The number of guanidine groups is 1. The van der Waals surface area contributed by atoms with Crippen LogP contribution in [0.25, 0.3) is 0 Å². The van der Waals surface area contributed by atoms with Crippen LogP contribution in [0.15, 0.2) is 52.2 Å². The van der Waals surface area contributed by atoms with Crippen molar-refractivity contribution >= 4 is 40.0 Å². The molecule has 1 N–H and O–H groups in total. The van der Waals surface area contributed by atoms with Crippen LogP contribution in [0.3, 0.4) is 0 Å². The number of aromatic nitrogens is 1. The minimum absolute atomic E-state index is 0. The summed E-state index contributed by atoms with van der Waals surface area (Å²) in [6.45, 7) is 5.77. The number of hydrogen-bond donors (Lipinski definition) is 1. The van der Waals surface area contributed by atoms with Crippen molar-refractivity contribution in [1.29, 1.82) is 0 Å². The first-order valence-electron chi connectivity index (χ1n) is 10.5. The predicted molar refractivity (Wildman–Crippen MR) is 131 cm³/mol. The molecule has 0 amide bonds. The first-order valence-corrected chi connectivity index (χ1v) is 12.1. The molecule has 1 saturated carbocycles. The highest BCUT2D eigenvalue weighted by Crippen LogP contribution is 2.47. The number of sulfonamides is 1. The fraction of sp³-hybridized carbons (Fsp3) is 0.524. The monoisotopic (exact) mass is 559 g/mol. The van der Waals surface area contributed by atoms with E-state index in [-0.39, 0.29) is 29.7 Å². The molecule has 0 radical (unpaired) electrons. The van der Waals surface area contributed by atoms with Crippen molar-refractivity contribution in [3.8, 4) is 0 Å². The van der Waals surface area contributed by atoms with Gasteiger partial charge >= 0.3 is 0 Å². The van der Waals surface area contributed by atoms with Gasteiger partial charge in [0, 0.05) is 45.3 Å². The average Bonchev–Trinajstić information content (AvgIpc) is 3.37. The van der Waals surface area contributed by atoms with E-state index in [2.05, 4.69) is 46.6 Å². The number of rotatable bonds is 7. The Morgan fingerprint density at radius 3 is 2.58 bits per heavy atom. The largest absolute Gasteiger partial charge is 0.364 e. The van der Waals surface area contributed by atoms with Crippen LogP contribution >= 0.6 is 24.0 Å². The van der Waals surface area contributed by atoms with Crippen LogP contribution in [-0.4, -0.2) is 68.0 Å². The number of piperazine rings is 1. The molecule has 2 aromatic rings. The van der Waals surface area contributed by atoms with E-state index in [1.807, 2.05) is 6.07 Å². The summed E-state index contributed by atoms with van der Waals surface area (Å²) < 4.78 is 31.5. The van der Waals surface area contributed by atoms with E-state index in [0.29, 0.717) is 43.7 Å². The van der Waals surface area contributed by atoms with E-state index in [0.717, 1.165) is 19.0 Å². The molecule has 2 unspecified atom stereocenters. The summed E-state index contributed by atoms with van der Waals surface area (Å²) in [4.78, 5) is 7.02. The van der Waals surface area contributed by atoms with Gasteiger partial charge in [-0.05, 0) is 30.7 Å². The zero-order valence-corrected chi connectivity index (χ0v) is 20.8. The van der Waals surface area contributed by atoms with Crippen LogP contribution in [0.1, 0.15) is 30.5 Å². The number of nitrogens with zero attached hydrogens (tertiary/aromatic N) is 4. The highest BCUT2D eigenvalue weighted by molar-refractivity contribution is 14.0. The molecule has 4 rings (SSSR count). The maximum absolute atomic E-state index is 12.6. The van der Waals surface area contributed by atoms with Gasteiger partial charge in [-0.1, -0.05) is 35.5 Å². The van der Waals surface area contributed by atoms with Gasteiger partial charge in [0.1, 0.15) is 12.0 Å². The molecule has 8 nitrogen and oxygen atoms in total. The predicted octanol–water partition coefficient (Wildman–Crippen LogP) is 2.51. The Balaban J connectivity index is 0.00000272. The number of hydrogen-bond acceptors (Lipinski definition) is 5. The summed E-state index contributed by atoms with van der Waals surface area (Å²) in [6.07, 6.45) is 2.57. The SMILES string of the molecule is CCNC(=NCC1CC1c1ccccc1)N1CCN(S(=O)(=O)Cc2ccon2)CC1.I. The Morgan fingerprint density at radius 1 is 1.19 bits per heavy atom. The van der Waals surface area contributed by atoms with Crippen LogP contribution in [0.4, 0.5) is 0 Å². The number of halogens is 1. The Labute approximate surface area is 201 Å². The van der Waals surface area contributed by atoms with Crippen molar-refractivity contribution in [3.05, 3.63) is 53.9 Å². The molecule has 0 bridgehead atoms. The molecular weight excluding hydrogens is 529 g/mol. The van der Waals surface area contributed by atoms with Gasteiger partial charge in [0.25, 0.3) is 0 Å². The lowest BCUT2D eigenvalue weighted by Gasteiger charge is -2.35. The van der Waals surface area contributed by atoms with E-state index in [1.54, 1.807) is 6.07 Å². The van der Waals surface area contributed by atoms with E-state index in [1.165, 1.54) is 22.6 Å². The molecule has 1 aliphatic carbocycles. The summed E-state index contributed by atoms with van der Waals surface area (Å²) >= 11 is 0. The maximum Gasteiger partial charge on any atom is 0.220 e. The Bertz CT molecular complexity index is 945. The topological polar surface area (TPSA) is 91.0 Å². The fourth-order valence-electron chi connectivity index (χ4n) is 3.96. The lowest BCUT2D eigenvalue weighted by Crippen LogP contribution is -2.54. The minimum atomic E-state index is -3.40. The zero-order chi connectivity index (χ0) is 21.0. The maximum atomic E-state index is 12.6. The molecule has 2 atom stereocenters. The summed E-state index contributed by atoms with van der Waals surface area (Å²) in [7, 11) is -3.40. The summed E-state index contributed by atoms with van der Waals surface area (Å²) in [5, 5.41) is 7.08. The quantitative estimate of drug-likeness (QED) is 0.319. The van der Waals surface area contributed by atoms with E-state index in [9.17, 15) is 8.42 Å². The number of aliphatic imine (C=N–C) groups is 1. The van der Waals surface area contributed by atoms with E-state index in [4.69, 9.17) is 9.52 Å². The third-order valence-electron chi connectivity index (χ3n) is 5.71. The van der Waals surface area contributed by atoms with Gasteiger partial charge in [-0.15, -0.1) is 24.0 Å². The van der Waals surface area contributed by atoms with Crippen molar-refractivity contribution in [2.24, 2.45) is 10.9 Å². The van der Waals surface area contributed by atoms with Gasteiger partial charge < -0.3 is 14.7 Å². The van der Waals surface area contributed by atoms with Gasteiger partial charge in [-0.3, -0.25) is 4.99 Å². The van der Waals surface area contributed by atoms with Crippen molar-refractivity contribution < 1.29 is 12.9 Å². The fourth-order valence-corrected chi connectivity index (χ4v) is 5.38. The molecule has 10 heteroatoms. The average molecular weight is 559 g/mol. The van der Waals surface area contributed by atoms with Crippen molar-refractivity contribution in [2.75, 3.05) is 39.3 Å². The standard InChI is InChI=1S/C21H29N5O3S.HI/c1-2-22-21(23-15-18-14-20(18)17-6-4-3-5-7-17)25-9-11-26(12-10-25)30(27,28)16-19-8-13-29-24-19;/h3-8,13,18,20H,2,9-12,14-16H2,1H3,(H,22,23);1H. The molecule has 1 aromatic carbocycles. The Morgan fingerprint density at radius 2 is 1.94 bits per heavy atom. The molecule has 1 aromatic heterocycles. The third-order valence-corrected chi connectivity index (χ3v) is 7.53. The van der Waals surface area contributed by atoms with E-state index >= 15 is 0 Å². The van der Waals surface area contributed by atoms with Gasteiger partial charge in [0.2, 0.25) is 10.0 Å². The molecule has 31 heavy (non-hydrogen) atoms. The second-order valence-corrected chi connectivity index (χ2v) is 9.81. The molecule has 2 heterocycles. The van der Waals surface area contributed by atoms with Gasteiger partial charge in [-0.2, -0.15) is 4.31 Å². The summed E-state index contributed by atoms with van der Waals surface area (Å²) in [6, 6.07) is 12.2. The third kappa shape index (κ3) is 6.19. The lowest BCUT2D eigenvalue weighted by atomic mass is 10.1. The van der Waals surface area contributed by atoms with Crippen molar-refractivity contribution in [3.63, 3.8) is 0 Å². The number of benzene rings is 1. The normalized spacial score (nSPS) is 22.1. The summed E-state index contributed by atoms with van der Waals surface area (Å²) in [5.74, 6) is 1.95.